The normalized spacial score (nSPS) is 24.5. The number of amides is 1. The summed E-state index contributed by atoms with van der Waals surface area (Å²) in [5.74, 6) is -1.10. The lowest BCUT2D eigenvalue weighted by Gasteiger charge is -2.46. The molecule has 4 nitrogen and oxygen atoms in total. The molecule has 1 saturated carbocycles. The van der Waals surface area contributed by atoms with Crippen LogP contribution in [-0.2, 0) is 9.59 Å². The third-order valence-corrected chi connectivity index (χ3v) is 7.21. The quantitative estimate of drug-likeness (QED) is 0.548. The number of carbonyl (C=O) groups is 2. The van der Waals surface area contributed by atoms with Crippen LogP contribution >= 0.6 is 23.2 Å². The summed E-state index contributed by atoms with van der Waals surface area (Å²) >= 11 is 12.5. The molecule has 2 aromatic carbocycles. The smallest absolute Gasteiger partial charge is 0.304 e. The minimum atomic E-state index is -0.936. The number of hydrogen-bond acceptors (Lipinski definition) is 2. The van der Waals surface area contributed by atoms with Crippen LogP contribution in [-0.4, -0.2) is 28.4 Å². The Balaban J connectivity index is 1.78. The van der Waals surface area contributed by atoms with Crippen molar-refractivity contribution in [2.24, 2.45) is 11.8 Å². The molecule has 3 atom stereocenters. The summed E-state index contributed by atoms with van der Waals surface area (Å²) in [6, 6.07) is 15.2. The molecule has 1 N–H and O–H groups in total. The SMILES string of the molecule is O=C(O)C[C@@H]1C[C@H](c2cccc(Cl)c2)C(c2ccc(Cl)cc2)N(CC2CCCC2)C1=O. The number of aliphatic carboxylic acids is 1. The zero-order chi connectivity index (χ0) is 22.0. The summed E-state index contributed by atoms with van der Waals surface area (Å²) in [6.45, 7) is 0.666. The predicted molar refractivity (Wildman–Crippen MR) is 122 cm³/mol. The van der Waals surface area contributed by atoms with Crippen LogP contribution in [0.5, 0.6) is 0 Å². The van der Waals surface area contributed by atoms with Crippen molar-refractivity contribution in [1.29, 1.82) is 0 Å². The van der Waals surface area contributed by atoms with Gasteiger partial charge >= 0.3 is 5.97 Å². The van der Waals surface area contributed by atoms with Crippen LogP contribution in [0, 0.1) is 11.8 Å². The van der Waals surface area contributed by atoms with Crippen LogP contribution in [0.2, 0.25) is 10.0 Å². The molecule has 31 heavy (non-hydrogen) atoms. The number of likely N-dealkylation sites (tertiary alicyclic amines) is 1. The van der Waals surface area contributed by atoms with E-state index >= 15 is 0 Å². The Kier molecular flexibility index (Phi) is 6.88. The summed E-state index contributed by atoms with van der Waals surface area (Å²) in [4.78, 5) is 27.1. The Morgan fingerprint density at radius 2 is 1.71 bits per heavy atom. The van der Waals surface area contributed by atoms with E-state index in [4.69, 9.17) is 23.2 Å². The lowest BCUT2D eigenvalue weighted by molar-refractivity contribution is -0.150. The van der Waals surface area contributed by atoms with Crippen LogP contribution in [0.4, 0.5) is 0 Å². The summed E-state index contributed by atoms with van der Waals surface area (Å²) in [7, 11) is 0. The average Bonchev–Trinajstić information content (AvgIpc) is 3.24. The number of benzene rings is 2. The average molecular weight is 460 g/mol. The first-order valence-electron chi connectivity index (χ1n) is 11.0. The summed E-state index contributed by atoms with van der Waals surface area (Å²) in [5.41, 5.74) is 2.06. The van der Waals surface area contributed by atoms with E-state index in [1.54, 1.807) is 0 Å². The Hall–Kier alpha value is -2.04. The molecule has 2 fully saturated rings. The van der Waals surface area contributed by atoms with Gasteiger partial charge in [0.1, 0.15) is 0 Å². The van der Waals surface area contributed by atoms with E-state index in [9.17, 15) is 14.7 Å². The number of rotatable bonds is 6. The van der Waals surface area contributed by atoms with Crippen molar-refractivity contribution in [2.45, 2.75) is 50.5 Å². The Bertz CT molecular complexity index is 940. The molecule has 0 bridgehead atoms. The molecule has 1 aliphatic carbocycles. The van der Waals surface area contributed by atoms with Gasteiger partial charge in [0.25, 0.3) is 0 Å². The van der Waals surface area contributed by atoms with Crippen molar-refractivity contribution in [2.75, 3.05) is 6.54 Å². The van der Waals surface area contributed by atoms with Gasteiger partial charge in [-0.15, -0.1) is 0 Å². The van der Waals surface area contributed by atoms with E-state index in [0.717, 1.165) is 24.0 Å². The molecule has 2 aromatic rings. The molecule has 0 radical (unpaired) electrons. The third-order valence-electron chi connectivity index (χ3n) is 6.73. The summed E-state index contributed by atoms with van der Waals surface area (Å²) < 4.78 is 0. The van der Waals surface area contributed by atoms with Crippen LogP contribution < -0.4 is 0 Å². The van der Waals surface area contributed by atoms with Crippen molar-refractivity contribution in [3.8, 4) is 0 Å². The number of hydrogen-bond donors (Lipinski definition) is 1. The number of carboxylic acid groups (broad SMARTS) is 1. The van der Waals surface area contributed by atoms with Crippen LogP contribution in [0.1, 0.15) is 61.6 Å². The number of piperidine rings is 1. The predicted octanol–water partition coefficient (Wildman–Crippen LogP) is 6.33. The molecule has 1 aliphatic heterocycles. The minimum absolute atomic E-state index is 0.0386. The highest BCUT2D eigenvalue weighted by Gasteiger charge is 2.44. The van der Waals surface area contributed by atoms with Crippen LogP contribution in [0.25, 0.3) is 0 Å². The fourth-order valence-corrected chi connectivity index (χ4v) is 5.63. The minimum Gasteiger partial charge on any atom is -0.481 e. The molecule has 164 valence electrons. The molecular weight excluding hydrogens is 433 g/mol. The van der Waals surface area contributed by atoms with Crippen LogP contribution in [0.3, 0.4) is 0 Å². The zero-order valence-electron chi connectivity index (χ0n) is 17.3. The van der Waals surface area contributed by atoms with E-state index in [-0.39, 0.29) is 24.3 Å². The van der Waals surface area contributed by atoms with Crippen molar-refractivity contribution in [3.05, 3.63) is 69.7 Å². The van der Waals surface area contributed by atoms with Gasteiger partial charge in [-0.25, -0.2) is 0 Å². The molecule has 1 amide bonds. The van der Waals surface area contributed by atoms with Crippen LogP contribution in [0.15, 0.2) is 48.5 Å². The summed E-state index contributed by atoms with van der Waals surface area (Å²) in [5, 5.41) is 10.8. The molecular formula is C25H27Cl2NO3. The fraction of sp³-hybridized carbons (Fsp3) is 0.440. The number of carboxylic acids is 1. The van der Waals surface area contributed by atoms with E-state index in [1.165, 1.54) is 12.8 Å². The zero-order valence-corrected chi connectivity index (χ0v) is 18.9. The maximum Gasteiger partial charge on any atom is 0.304 e. The van der Waals surface area contributed by atoms with E-state index in [2.05, 4.69) is 0 Å². The number of nitrogens with zero attached hydrogens (tertiary/aromatic N) is 1. The molecule has 4 rings (SSSR count). The first kappa shape index (κ1) is 22.2. The molecule has 1 heterocycles. The van der Waals surface area contributed by atoms with Gasteiger partial charge in [0, 0.05) is 28.4 Å². The van der Waals surface area contributed by atoms with Crippen molar-refractivity contribution >= 4 is 35.1 Å². The third kappa shape index (κ3) is 5.07. The second-order valence-electron chi connectivity index (χ2n) is 8.83. The second-order valence-corrected chi connectivity index (χ2v) is 9.70. The standard InChI is InChI=1S/C25H27Cl2NO3/c26-20-10-8-17(9-11-20)24-22(18-6-3-7-21(27)12-18)13-19(14-23(29)30)25(31)28(24)15-16-4-1-2-5-16/h3,6-12,16,19,22,24H,1-2,4-5,13-15H2,(H,29,30)/t19-,22+,24?/m0/s1. The lowest BCUT2D eigenvalue weighted by atomic mass is 9.74. The molecule has 0 aromatic heterocycles. The Morgan fingerprint density at radius 3 is 2.35 bits per heavy atom. The number of halogens is 2. The topological polar surface area (TPSA) is 57.6 Å². The van der Waals surface area contributed by atoms with E-state index < -0.39 is 11.9 Å². The fourth-order valence-electron chi connectivity index (χ4n) is 5.31. The highest BCUT2D eigenvalue weighted by molar-refractivity contribution is 6.30. The van der Waals surface area contributed by atoms with Gasteiger partial charge in [0.05, 0.1) is 12.5 Å². The molecule has 1 unspecified atom stereocenters. The molecule has 2 aliphatic rings. The summed E-state index contributed by atoms with van der Waals surface area (Å²) in [6.07, 6.45) is 4.94. The number of carbonyl (C=O) groups excluding carboxylic acids is 1. The monoisotopic (exact) mass is 459 g/mol. The Morgan fingerprint density at radius 1 is 1.00 bits per heavy atom. The molecule has 0 spiro atoms. The van der Waals surface area contributed by atoms with E-state index in [0.29, 0.717) is 28.9 Å². The highest BCUT2D eigenvalue weighted by Crippen LogP contribution is 2.47. The first-order valence-corrected chi connectivity index (χ1v) is 11.7. The van der Waals surface area contributed by atoms with Gasteiger partial charge in [-0.2, -0.15) is 0 Å². The van der Waals surface area contributed by atoms with Gasteiger partial charge < -0.3 is 10.0 Å². The molecule has 6 heteroatoms. The van der Waals surface area contributed by atoms with Crippen molar-refractivity contribution in [1.82, 2.24) is 4.90 Å². The van der Waals surface area contributed by atoms with Gasteiger partial charge in [0.15, 0.2) is 0 Å². The second kappa shape index (κ2) is 9.62. The van der Waals surface area contributed by atoms with Crippen molar-refractivity contribution < 1.29 is 14.7 Å². The highest BCUT2D eigenvalue weighted by atomic mass is 35.5. The van der Waals surface area contributed by atoms with Crippen molar-refractivity contribution in [3.63, 3.8) is 0 Å². The van der Waals surface area contributed by atoms with Gasteiger partial charge in [0.2, 0.25) is 5.91 Å². The van der Waals surface area contributed by atoms with Gasteiger partial charge in [-0.1, -0.05) is 60.3 Å². The maximum atomic E-state index is 13.6. The maximum absolute atomic E-state index is 13.6. The Labute approximate surface area is 193 Å². The molecule has 1 saturated heterocycles. The van der Waals surface area contributed by atoms with Gasteiger partial charge in [-0.3, -0.25) is 9.59 Å². The largest absolute Gasteiger partial charge is 0.481 e. The van der Waals surface area contributed by atoms with E-state index in [1.807, 2.05) is 53.4 Å². The first-order chi connectivity index (χ1) is 14.9. The van der Waals surface area contributed by atoms with Gasteiger partial charge in [-0.05, 0) is 60.6 Å². The lowest BCUT2D eigenvalue weighted by Crippen LogP contribution is -2.49.